The highest BCUT2D eigenvalue weighted by Gasteiger charge is 2.30. The minimum atomic E-state index is -4.27. The normalized spacial score (nSPS) is 18.9. The maximum absolute atomic E-state index is 12.6. The minimum Gasteiger partial charge on any atom is -0.382 e. The molecule has 2 rings (SSSR count). The molecule has 1 saturated heterocycles. The van der Waals surface area contributed by atoms with E-state index in [4.69, 9.17) is 0 Å². The Labute approximate surface area is 105 Å². The van der Waals surface area contributed by atoms with Crippen LogP contribution in [-0.2, 0) is 6.18 Å². The van der Waals surface area contributed by atoms with Gasteiger partial charge in [0.1, 0.15) is 0 Å². The van der Waals surface area contributed by atoms with E-state index < -0.39 is 11.7 Å². The van der Waals surface area contributed by atoms with Crippen LogP contribution in [0.15, 0.2) is 24.3 Å². The summed E-state index contributed by atoms with van der Waals surface area (Å²) < 4.78 is 37.7. The smallest absolute Gasteiger partial charge is 0.382 e. The number of likely N-dealkylation sites (tertiary alicyclic amines) is 1. The molecule has 1 aromatic rings. The predicted octanol–water partition coefficient (Wildman–Crippen LogP) is 3.21. The van der Waals surface area contributed by atoms with Gasteiger partial charge in [0, 0.05) is 11.7 Å². The van der Waals surface area contributed by atoms with Gasteiger partial charge in [-0.05, 0) is 51.2 Å². The molecule has 1 heterocycles. The summed E-state index contributed by atoms with van der Waals surface area (Å²) in [6.45, 7) is 1.97. The van der Waals surface area contributed by atoms with E-state index >= 15 is 0 Å². The molecule has 0 bridgehead atoms. The number of rotatable bonds is 2. The Morgan fingerprint density at radius 3 is 2.50 bits per heavy atom. The molecule has 1 N–H and O–H groups in total. The maximum atomic E-state index is 12.6. The van der Waals surface area contributed by atoms with Crippen LogP contribution in [0.25, 0.3) is 0 Å². The van der Waals surface area contributed by atoms with E-state index in [9.17, 15) is 13.2 Å². The van der Waals surface area contributed by atoms with E-state index in [1.54, 1.807) is 6.07 Å². The number of hydrogen-bond acceptors (Lipinski definition) is 2. The highest BCUT2D eigenvalue weighted by Crippen LogP contribution is 2.31. The van der Waals surface area contributed by atoms with E-state index in [2.05, 4.69) is 17.3 Å². The van der Waals surface area contributed by atoms with Gasteiger partial charge in [0.25, 0.3) is 0 Å². The lowest BCUT2D eigenvalue weighted by atomic mass is 10.0. The molecule has 100 valence electrons. The molecule has 2 nitrogen and oxygen atoms in total. The third-order valence-corrected chi connectivity index (χ3v) is 3.28. The van der Waals surface area contributed by atoms with Crippen LogP contribution in [-0.4, -0.2) is 31.1 Å². The molecule has 1 aromatic carbocycles. The van der Waals surface area contributed by atoms with Gasteiger partial charge in [-0.25, -0.2) is 0 Å². The minimum absolute atomic E-state index is 0.268. The molecule has 1 aliphatic rings. The van der Waals surface area contributed by atoms with Crippen LogP contribution in [0.4, 0.5) is 18.9 Å². The summed E-state index contributed by atoms with van der Waals surface area (Å²) in [4.78, 5) is 2.23. The van der Waals surface area contributed by atoms with Crippen molar-refractivity contribution in [2.75, 3.05) is 25.5 Å². The van der Waals surface area contributed by atoms with Crippen molar-refractivity contribution in [2.45, 2.75) is 25.1 Å². The standard InChI is InChI=1S/C13H17F3N2/c1-18-7-5-11(6-8-18)17-12-4-2-3-10(9-12)13(14,15)16/h2-4,9,11,17H,5-8H2,1H3. The van der Waals surface area contributed by atoms with Gasteiger partial charge in [-0.2, -0.15) is 13.2 Å². The Morgan fingerprint density at radius 1 is 1.22 bits per heavy atom. The molecule has 1 fully saturated rings. The van der Waals surface area contributed by atoms with Gasteiger partial charge in [0.2, 0.25) is 0 Å². The Kier molecular flexibility index (Phi) is 3.80. The highest BCUT2D eigenvalue weighted by molar-refractivity contribution is 5.47. The summed E-state index contributed by atoms with van der Waals surface area (Å²) in [6.07, 6.45) is -2.34. The van der Waals surface area contributed by atoms with Crippen molar-refractivity contribution in [3.8, 4) is 0 Å². The van der Waals surface area contributed by atoms with Crippen molar-refractivity contribution in [3.63, 3.8) is 0 Å². The number of nitrogens with zero attached hydrogens (tertiary/aromatic N) is 1. The fraction of sp³-hybridized carbons (Fsp3) is 0.538. The SMILES string of the molecule is CN1CCC(Nc2cccc(C(F)(F)F)c2)CC1. The Bertz CT molecular complexity index is 395. The maximum Gasteiger partial charge on any atom is 0.416 e. The highest BCUT2D eigenvalue weighted by atomic mass is 19.4. The molecule has 0 radical (unpaired) electrons. The predicted molar refractivity (Wildman–Crippen MR) is 65.6 cm³/mol. The number of benzene rings is 1. The van der Waals surface area contributed by atoms with Crippen molar-refractivity contribution in [3.05, 3.63) is 29.8 Å². The quantitative estimate of drug-likeness (QED) is 0.876. The van der Waals surface area contributed by atoms with Crippen molar-refractivity contribution < 1.29 is 13.2 Å². The van der Waals surface area contributed by atoms with Gasteiger partial charge in [0.15, 0.2) is 0 Å². The number of hydrogen-bond donors (Lipinski definition) is 1. The van der Waals surface area contributed by atoms with Gasteiger partial charge in [-0.15, -0.1) is 0 Å². The van der Waals surface area contributed by atoms with Crippen LogP contribution in [0.1, 0.15) is 18.4 Å². The lowest BCUT2D eigenvalue weighted by Gasteiger charge is -2.30. The second kappa shape index (κ2) is 5.18. The summed E-state index contributed by atoms with van der Waals surface area (Å²) in [5.74, 6) is 0. The second-order valence-electron chi connectivity index (χ2n) is 4.80. The van der Waals surface area contributed by atoms with Gasteiger partial charge < -0.3 is 10.2 Å². The average molecular weight is 258 g/mol. The van der Waals surface area contributed by atoms with Crippen LogP contribution in [0.2, 0.25) is 0 Å². The van der Waals surface area contributed by atoms with Gasteiger partial charge >= 0.3 is 6.18 Å². The largest absolute Gasteiger partial charge is 0.416 e. The van der Waals surface area contributed by atoms with Gasteiger partial charge in [-0.1, -0.05) is 6.07 Å². The zero-order valence-electron chi connectivity index (χ0n) is 10.3. The molecule has 0 atom stereocenters. The molecule has 0 aliphatic carbocycles. The first-order valence-corrected chi connectivity index (χ1v) is 6.07. The third-order valence-electron chi connectivity index (χ3n) is 3.28. The first kappa shape index (κ1) is 13.2. The van der Waals surface area contributed by atoms with Crippen molar-refractivity contribution in [1.29, 1.82) is 0 Å². The van der Waals surface area contributed by atoms with Gasteiger partial charge in [-0.3, -0.25) is 0 Å². The Balaban J connectivity index is 2.01. The summed E-state index contributed by atoms with van der Waals surface area (Å²) in [5.41, 5.74) is -0.0418. The molecule has 1 aliphatic heterocycles. The number of alkyl halides is 3. The zero-order valence-corrected chi connectivity index (χ0v) is 10.3. The lowest BCUT2D eigenvalue weighted by Crippen LogP contribution is -2.36. The van der Waals surface area contributed by atoms with Crippen LogP contribution >= 0.6 is 0 Å². The van der Waals surface area contributed by atoms with E-state index in [-0.39, 0.29) is 6.04 Å². The number of anilines is 1. The summed E-state index contributed by atoms with van der Waals surface area (Å²) in [7, 11) is 2.06. The van der Waals surface area contributed by atoms with Crippen LogP contribution < -0.4 is 5.32 Å². The summed E-state index contributed by atoms with van der Waals surface area (Å²) in [5, 5.41) is 3.19. The first-order valence-electron chi connectivity index (χ1n) is 6.07. The molecule has 0 amide bonds. The summed E-state index contributed by atoms with van der Waals surface area (Å²) in [6, 6.07) is 5.68. The van der Waals surface area contributed by atoms with Gasteiger partial charge in [0.05, 0.1) is 5.56 Å². The Morgan fingerprint density at radius 2 is 1.89 bits per heavy atom. The molecule has 0 aromatic heterocycles. The number of halogens is 3. The Hall–Kier alpha value is -1.23. The number of piperidine rings is 1. The second-order valence-corrected chi connectivity index (χ2v) is 4.80. The fourth-order valence-electron chi connectivity index (χ4n) is 2.17. The molecule has 18 heavy (non-hydrogen) atoms. The molecule has 0 unspecified atom stereocenters. The molecule has 0 spiro atoms. The average Bonchev–Trinajstić information content (AvgIpc) is 2.31. The van der Waals surface area contributed by atoms with Crippen LogP contribution in [0.5, 0.6) is 0 Å². The molecule has 5 heteroatoms. The molecule has 0 saturated carbocycles. The zero-order chi connectivity index (χ0) is 13.2. The third kappa shape index (κ3) is 3.38. The van der Waals surface area contributed by atoms with E-state index in [1.807, 2.05) is 0 Å². The summed E-state index contributed by atoms with van der Waals surface area (Å²) >= 11 is 0. The van der Waals surface area contributed by atoms with Crippen LogP contribution in [0.3, 0.4) is 0 Å². The van der Waals surface area contributed by atoms with Crippen molar-refractivity contribution in [1.82, 2.24) is 4.90 Å². The first-order chi connectivity index (χ1) is 8.45. The van der Waals surface area contributed by atoms with E-state index in [1.165, 1.54) is 12.1 Å². The van der Waals surface area contributed by atoms with E-state index in [0.29, 0.717) is 5.69 Å². The number of nitrogens with one attached hydrogen (secondary N) is 1. The van der Waals surface area contributed by atoms with Crippen molar-refractivity contribution in [2.24, 2.45) is 0 Å². The van der Waals surface area contributed by atoms with E-state index in [0.717, 1.165) is 32.0 Å². The molecular weight excluding hydrogens is 241 g/mol. The fourth-order valence-corrected chi connectivity index (χ4v) is 2.17. The molecular formula is C13H17F3N2. The lowest BCUT2D eigenvalue weighted by molar-refractivity contribution is -0.137. The van der Waals surface area contributed by atoms with Crippen LogP contribution in [0, 0.1) is 0 Å². The monoisotopic (exact) mass is 258 g/mol. The topological polar surface area (TPSA) is 15.3 Å². The van der Waals surface area contributed by atoms with Crippen molar-refractivity contribution >= 4 is 5.69 Å².